The van der Waals surface area contributed by atoms with Crippen molar-refractivity contribution in [3.8, 4) is 0 Å². The molecule has 0 N–H and O–H groups in total. The van der Waals surface area contributed by atoms with Crippen LogP contribution in [-0.4, -0.2) is 13.1 Å². The largest absolute Gasteiger partial charge is 0.469 e. The molecule has 0 atom stereocenters. The number of esters is 1. The minimum Gasteiger partial charge on any atom is -0.469 e. The third-order valence-electron chi connectivity index (χ3n) is 2.71. The smallest absolute Gasteiger partial charge is 0.309 e. The monoisotopic (exact) mass is 244 g/mol. The average molecular weight is 244 g/mol. The van der Waals surface area contributed by atoms with Gasteiger partial charge in [0.2, 0.25) is 0 Å². The Bertz CT molecular complexity index is 602. The van der Waals surface area contributed by atoms with E-state index in [2.05, 4.69) is 4.74 Å². The summed E-state index contributed by atoms with van der Waals surface area (Å²) in [5, 5.41) is 1.41. The zero-order valence-corrected chi connectivity index (χ0v) is 10.0. The summed E-state index contributed by atoms with van der Waals surface area (Å²) < 4.78 is 18.1. The van der Waals surface area contributed by atoms with Crippen molar-refractivity contribution in [2.24, 2.45) is 0 Å². The number of halogens is 1. The van der Waals surface area contributed by atoms with Crippen LogP contribution in [0.2, 0.25) is 0 Å². The second-order valence-corrected chi connectivity index (χ2v) is 3.86. The minimum atomic E-state index is -0.294. The summed E-state index contributed by atoms with van der Waals surface area (Å²) in [6.07, 6.45) is 3.73. The molecule has 0 spiro atoms. The van der Waals surface area contributed by atoms with Crippen LogP contribution in [0.15, 0.2) is 42.5 Å². The predicted molar refractivity (Wildman–Crippen MR) is 69.6 cm³/mol. The highest BCUT2D eigenvalue weighted by Gasteiger charge is 2.03. The Kier molecular flexibility index (Phi) is 3.72. The molecule has 0 heterocycles. The number of carbonyl (C=O) groups excluding carboxylic acids is 1. The first-order chi connectivity index (χ1) is 8.72. The number of hydrogen-bond donors (Lipinski definition) is 0. The first-order valence-electron chi connectivity index (χ1n) is 5.63. The Morgan fingerprint density at radius 2 is 1.94 bits per heavy atom. The Labute approximate surface area is 105 Å². The highest BCUT2D eigenvalue weighted by Crippen LogP contribution is 2.22. The normalized spacial score (nSPS) is 11.0. The molecular weight excluding hydrogens is 231 g/mol. The van der Waals surface area contributed by atoms with Crippen molar-refractivity contribution in [3.05, 3.63) is 53.9 Å². The Balaban J connectivity index is 2.34. The average Bonchev–Trinajstić information content (AvgIpc) is 2.41. The van der Waals surface area contributed by atoms with Crippen LogP contribution in [0.5, 0.6) is 0 Å². The van der Waals surface area contributed by atoms with Gasteiger partial charge in [-0.1, -0.05) is 42.5 Å². The van der Waals surface area contributed by atoms with E-state index in [1.807, 2.05) is 12.1 Å². The quantitative estimate of drug-likeness (QED) is 0.772. The molecule has 92 valence electrons. The van der Waals surface area contributed by atoms with Gasteiger partial charge in [-0.3, -0.25) is 4.79 Å². The van der Waals surface area contributed by atoms with E-state index >= 15 is 0 Å². The molecule has 0 aliphatic heterocycles. The topological polar surface area (TPSA) is 26.3 Å². The summed E-state index contributed by atoms with van der Waals surface area (Å²) in [5.41, 5.74) is 0.885. The fourth-order valence-electron chi connectivity index (χ4n) is 1.80. The van der Waals surface area contributed by atoms with Gasteiger partial charge in [-0.2, -0.15) is 0 Å². The number of carbonyl (C=O) groups is 1. The number of benzene rings is 2. The van der Waals surface area contributed by atoms with E-state index in [0.29, 0.717) is 5.39 Å². The van der Waals surface area contributed by atoms with Gasteiger partial charge >= 0.3 is 5.97 Å². The van der Waals surface area contributed by atoms with Gasteiger partial charge in [-0.15, -0.1) is 0 Å². The first kappa shape index (κ1) is 12.3. The Morgan fingerprint density at radius 1 is 1.22 bits per heavy atom. The van der Waals surface area contributed by atoms with E-state index < -0.39 is 0 Å². The lowest BCUT2D eigenvalue weighted by Gasteiger charge is -2.03. The van der Waals surface area contributed by atoms with Crippen molar-refractivity contribution < 1.29 is 13.9 Å². The van der Waals surface area contributed by atoms with Crippen LogP contribution in [0.25, 0.3) is 16.8 Å². The molecular formula is C15H13FO2. The zero-order valence-electron chi connectivity index (χ0n) is 10.0. The maximum atomic E-state index is 13.6. The molecule has 0 fully saturated rings. The van der Waals surface area contributed by atoms with Gasteiger partial charge in [0.05, 0.1) is 13.5 Å². The molecule has 2 aromatic carbocycles. The summed E-state index contributed by atoms with van der Waals surface area (Å²) in [6, 6.07) is 10.4. The number of rotatable bonds is 3. The minimum absolute atomic E-state index is 0.211. The molecule has 0 saturated heterocycles. The number of hydrogen-bond acceptors (Lipinski definition) is 2. The van der Waals surface area contributed by atoms with Crippen LogP contribution >= 0.6 is 0 Å². The molecule has 18 heavy (non-hydrogen) atoms. The first-order valence-corrected chi connectivity index (χ1v) is 5.63. The van der Waals surface area contributed by atoms with Crippen molar-refractivity contribution in [1.29, 1.82) is 0 Å². The van der Waals surface area contributed by atoms with Gasteiger partial charge in [0.1, 0.15) is 5.82 Å². The molecule has 0 radical (unpaired) electrons. The number of ether oxygens (including phenoxy) is 1. The fraction of sp³-hybridized carbons (Fsp3) is 0.133. The molecule has 0 bridgehead atoms. The second-order valence-electron chi connectivity index (χ2n) is 3.86. The van der Waals surface area contributed by atoms with Crippen LogP contribution in [0.4, 0.5) is 4.39 Å². The Morgan fingerprint density at radius 3 is 2.67 bits per heavy atom. The fourth-order valence-corrected chi connectivity index (χ4v) is 1.80. The van der Waals surface area contributed by atoms with Crippen molar-refractivity contribution >= 4 is 22.8 Å². The van der Waals surface area contributed by atoms with Crippen LogP contribution < -0.4 is 0 Å². The maximum absolute atomic E-state index is 13.6. The number of methoxy groups -OCH3 is 1. The van der Waals surface area contributed by atoms with Gasteiger partial charge < -0.3 is 4.74 Å². The van der Waals surface area contributed by atoms with Gasteiger partial charge in [0, 0.05) is 5.39 Å². The molecule has 0 aliphatic carbocycles. The van der Waals surface area contributed by atoms with Crippen molar-refractivity contribution in [2.45, 2.75) is 6.42 Å². The third-order valence-corrected chi connectivity index (χ3v) is 2.71. The van der Waals surface area contributed by atoms with E-state index in [1.54, 1.807) is 30.4 Å². The van der Waals surface area contributed by atoms with Gasteiger partial charge in [-0.05, 0) is 17.0 Å². The lowest BCUT2D eigenvalue weighted by molar-refractivity contribution is -0.139. The summed E-state index contributed by atoms with van der Waals surface area (Å²) in [5.74, 6) is -0.534. The standard InChI is InChI=1S/C15H13FO2/c1-18-15(17)8-4-5-11-9-10-14(16)13-7-3-2-6-12(11)13/h2-7,9-10H,8H2,1H3. The molecule has 0 aliphatic rings. The molecule has 0 aromatic heterocycles. The van der Waals surface area contributed by atoms with Crippen molar-refractivity contribution in [3.63, 3.8) is 0 Å². The van der Waals surface area contributed by atoms with Crippen LogP contribution in [-0.2, 0) is 9.53 Å². The van der Waals surface area contributed by atoms with E-state index in [0.717, 1.165) is 10.9 Å². The SMILES string of the molecule is COC(=O)CC=Cc1ccc(F)c2ccccc12. The predicted octanol–water partition coefficient (Wildman–Crippen LogP) is 3.56. The van der Waals surface area contributed by atoms with E-state index in [1.165, 1.54) is 13.2 Å². The molecule has 0 amide bonds. The summed E-state index contributed by atoms with van der Waals surface area (Å²) in [6.45, 7) is 0. The van der Waals surface area contributed by atoms with Gasteiger partial charge in [0.25, 0.3) is 0 Å². The van der Waals surface area contributed by atoms with Crippen LogP contribution in [0.3, 0.4) is 0 Å². The van der Waals surface area contributed by atoms with E-state index in [4.69, 9.17) is 0 Å². The molecule has 3 heteroatoms. The number of fused-ring (bicyclic) bond motifs is 1. The highest BCUT2D eigenvalue weighted by atomic mass is 19.1. The lowest BCUT2D eigenvalue weighted by Crippen LogP contribution is -1.96. The molecule has 2 aromatic rings. The summed E-state index contributed by atoms with van der Waals surface area (Å²) >= 11 is 0. The van der Waals surface area contributed by atoms with E-state index in [-0.39, 0.29) is 18.2 Å². The molecule has 0 unspecified atom stereocenters. The molecule has 2 nitrogen and oxygen atoms in total. The molecule has 0 saturated carbocycles. The van der Waals surface area contributed by atoms with E-state index in [9.17, 15) is 9.18 Å². The van der Waals surface area contributed by atoms with Gasteiger partial charge in [0.15, 0.2) is 0 Å². The molecule has 2 rings (SSSR count). The van der Waals surface area contributed by atoms with Crippen LogP contribution in [0.1, 0.15) is 12.0 Å². The summed E-state index contributed by atoms with van der Waals surface area (Å²) in [4.78, 5) is 11.0. The highest BCUT2D eigenvalue weighted by molar-refractivity contribution is 5.91. The van der Waals surface area contributed by atoms with Gasteiger partial charge in [-0.25, -0.2) is 4.39 Å². The Hall–Kier alpha value is -2.16. The van der Waals surface area contributed by atoms with Crippen molar-refractivity contribution in [1.82, 2.24) is 0 Å². The second kappa shape index (κ2) is 5.45. The maximum Gasteiger partial charge on any atom is 0.309 e. The zero-order chi connectivity index (χ0) is 13.0. The van der Waals surface area contributed by atoms with Crippen molar-refractivity contribution in [2.75, 3.05) is 7.11 Å². The van der Waals surface area contributed by atoms with Crippen LogP contribution in [0, 0.1) is 5.82 Å². The summed E-state index contributed by atoms with van der Waals surface area (Å²) in [7, 11) is 1.35. The third kappa shape index (κ3) is 2.56. The lowest BCUT2D eigenvalue weighted by atomic mass is 10.0.